The van der Waals surface area contributed by atoms with Gasteiger partial charge in [0.15, 0.2) is 9.84 Å². The Morgan fingerprint density at radius 3 is 2.11 bits per heavy atom. The van der Waals surface area contributed by atoms with Crippen LogP contribution in [0.3, 0.4) is 0 Å². The Bertz CT molecular complexity index is 182. The minimum Gasteiger partial charge on any atom is -0.391 e. The molecule has 3 nitrogen and oxygen atoms in total. The molecule has 0 amide bonds. The zero-order chi connectivity index (χ0) is 7.07. The van der Waals surface area contributed by atoms with E-state index < -0.39 is 15.9 Å². The lowest BCUT2D eigenvalue weighted by Crippen LogP contribution is -2.16. The van der Waals surface area contributed by atoms with Crippen molar-refractivity contribution in [3.05, 3.63) is 0 Å². The maximum atomic E-state index is 10.7. The topological polar surface area (TPSA) is 54.4 Å². The highest BCUT2D eigenvalue weighted by Gasteiger charge is 2.34. The SMILES string of the molecule is O=S1(=O)C[C@@H](O)[C@@H](Br)C1. The van der Waals surface area contributed by atoms with Gasteiger partial charge in [-0.15, -0.1) is 0 Å². The quantitative estimate of drug-likeness (QED) is 0.556. The van der Waals surface area contributed by atoms with E-state index in [2.05, 4.69) is 15.9 Å². The first-order chi connectivity index (χ1) is 4.01. The summed E-state index contributed by atoms with van der Waals surface area (Å²) in [6.45, 7) is 0. The number of halogens is 1. The second-order valence-electron chi connectivity index (χ2n) is 2.16. The van der Waals surface area contributed by atoms with Gasteiger partial charge >= 0.3 is 0 Å². The monoisotopic (exact) mass is 214 g/mol. The highest BCUT2D eigenvalue weighted by atomic mass is 79.9. The average molecular weight is 215 g/mol. The zero-order valence-corrected chi connectivity index (χ0v) is 7.02. The van der Waals surface area contributed by atoms with Crippen molar-refractivity contribution < 1.29 is 13.5 Å². The molecule has 1 aliphatic rings. The Hall–Kier alpha value is 0.390. The molecule has 0 aromatic rings. The fourth-order valence-electron chi connectivity index (χ4n) is 0.786. The van der Waals surface area contributed by atoms with Crippen molar-refractivity contribution in [3.63, 3.8) is 0 Å². The van der Waals surface area contributed by atoms with Gasteiger partial charge in [0, 0.05) is 0 Å². The third-order valence-corrected chi connectivity index (χ3v) is 4.33. The molecule has 1 rings (SSSR count). The predicted molar refractivity (Wildman–Crippen MR) is 37.4 cm³/mol. The molecule has 1 fully saturated rings. The minimum absolute atomic E-state index is 0.0637. The molecule has 9 heavy (non-hydrogen) atoms. The summed E-state index contributed by atoms with van der Waals surface area (Å²) in [6.07, 6.45) is -0.713. The average Bonchev–Trinajstić information content (AvgIpc) is 1.79. The molecule has 0 bridgehead atoms. The summed E-state index contributed by atoms with van der Waals surface area (Å²) in [6, 6.07) is 0. The molecule has 0 aromatic heterocycles. The van der Waals surface area contributed by atoms with E-state index in [1.54, 1.807) is 0 Å². The number of aliphatic hydroxyl groups is 1. The van der Waals surface area contributed by atoms with Crippen LogP contribution in [0.25, 0.3) is 0 Å². The van der Waals surface area contributed by atoms with Gasteiger partial charge in [-0.2, -0.15) is 0 Å². The number of rotatable bonds is 0. The Morgan fingerprint density at radius 1 is 1.44 bits per heavy atom. The maximum Gasteiger partial charge on any atom is 0.154 e. The molecule has 54 valence electrons. The van der Waals surface area contributed by atoms with Gasteiger partial charge in [-0.3, -0.25) is 0 Å². The maximum absolute atomic E-state index is 10.7. The van der Waals surface area contributed by atoms with Crippen LogP contribution in [0.2, 0.25) is 0 Å². The first kappa shape index (κ1) is 7.50. The Morgan fingerprint density at radius 2 is 2.00 bits per heavy atom. The summed E-state index contributed by atoms with van der Waals surface area (Å²) < 4.78 is 21.3. The largest absolute Gasteiger partial charge is 0.391 e. The molecule has 0 unspecified atom stereocenters. The van der Waals surface area contributed by atoms with Gasteiger partial charge in [0.25, 0.3) is 0 Å². The van der Waals surface area contributed by atoms with Crippen LogP contribution in [-0.2, 0) is 9.84 Å². The number of aliphatic hydroxyl groups excluding tert-OH is 1. The van der Waals surface area contributed by atoms with E-state index in [1.807, 2.05) is 0 Å². The number of hydrogen-bond donors (Lipinski definition) is 1. The lowest BCUT2D eigenvalue weighted by atomic mass is 10.3. The van der Waals surface area contributed by atoms with Crippen molar-refractivity contribution in [3.8, 4) is 0 Å². The van der Waals surface area contributed by atoms with Gasteiger partial charge in [0.2, 0.25) is 0 Å². The van der Waals surface area contributed by atoms with E-state index in [0.717, 1.165) is 0 Å². The van der Waals surface area contributed by atoms with Gasteiger partial charge in [0.1, 0.15) is 0 Å². The summed E-state index contributed by atoms with van der Waals surface area (Å²) in [5.41, 5.74) is 0. The summed E-state index contributed by atoms with van der Waals surface area (Å²) in [5.74, 6) is -0.0307. The molecule has 1 saturated heterocycles. The molecule has 5 heteroatoms. The van der Waals surface area contributed by atoms with Crippen LogP contribution < -0.4 is 0 Å². The number of sulfone groups is 1. The summed E-state index contributed by atoms with van der Waals surface area (Å²) in [7, 11) is -2.94. The van der Waals surface area contributed by atoms with Gasteiger partial charge in [-0.05, 0) is 0 Å². The molecule has 0 spiro atoms. The van der Waals surface area contributed by atoms with Crippen molar-refractivity contribution >= 4 is 25.8 Å². The zero-order valence-electron chi connectivity index (χ0n) is 4.62. The second-order valence-corrected chi connectivity index (χ2v) is 5.49. The molecule has 0 aromatic carbocycles. The van der Waals surface area contributed by atoms with Gasteiger partial charge in [-0.25, -0.2) is 8.42 Å². The standard InChI is InChI=1S/C4H7BrO3S/c5-3-1-9(7,8)2-4(3)6/h3-4,6H,1-2H2/t3-,4+/m0/s1. The third kappa shape index (κ3) is 1.65. The summed E-state index contributed by atoms with van der Waals surface area (Å²) in [4.78, 5) is -0.262. The lowest BCUT2D eigenvalue weighted by Gasteiger charge is -1.99. The van der Waals surface area contributed by atoms with Crippen LogP contribution in [0.15, 0.2) is 0 Å². The van der Waals surface area contributed by atoms with Gasteiger partial charge < -0.3 is 5.11 Å². The van der Waals surface area contributed by atoms with E-state index in [0.29, 0.717) is 0 Å². The van der Waals surface area contributed by atoms with Crippen molar-refractivity contribution in [2.75, 3.05) is 11.5 Å². The molecular weight excluding hydrogens is 208 g/mol. The van der Waals surface area contributed by atoms with E-state index in [4.69, 9.17) is 5.11 Å². The van der Waals surface area contributed by atoms with Crippen LogP contribution in [0, 0.1) is 0 Å². The third-order valence-electron chi connectivity index (χ3n) is 1.26. The van der Waals surface area contributed by atoms with Crippen molar-refractivity contribution in [1.82, 2.24) is 0 Å². The van der Waals surface area contributed by atoms with Crippen LogP contribution in [0.4, 0.5) is 0 Å². The van der Waals surface area contributed by atoms with E-state index in [9.17, 15) is 8.42 Å². The van der Waals surface area contributed by atoms with Crippen LogP contribution >= 0.6 is 15.9 Å². The van der Waals surface area contributed by atoms with Gasteiger partial charge in [0.05, 0.1) is 22.4 Å². The van der Waals surface area contributed by atoms with E-state index in [1.165, 1.54) is 0 Å². The van der Waals surface area contributed by atoms with E-state index in [-0.39, 0.29) is 16.3 Å². The van der Waals surface area contributed by atoms with Crippen LogP contribution in [0.5, 0.6) is 0 Å². The van der Waals surface area contributed by atoms with Crippen LogP contribution in [0.1, 0.15) is 0 Å². The fraction of sp³-hybridized carbons (Fsp3) is 1.00. The summed E-state index contributed by atoms with van der Waals surface area (Å²) >= 11 is 3.05. The second kappa shape index (κ2) is 2.21. The van der Waals surface area contributed by atoms with E-state index >= 15 is 0 Å². The molecule has 1 N–H and O–H groups in total. The first-order valence-corrected chi connectivity index (χ1v) is 5.27. The highest BCUT2D eigenvalue weighted by molar-refractivity contribution is 9.09. The van der Waals surface area contributed by atoms with Crippen molar-refractivity contribution in [1.29, 1.82) is 0 Å². The van der Waals surface area contributed by atoms with Gasteiger partial charge in [-0.1, -0.05) is 15.9 Å². The lowest BCUT2D eigenvalue weighted by molar-refractivity contribution is 0.209. The molecule has 0 aliphatic carbocycles. The van der Waals surface area contributed by atoms with Crippen molar-refractivity contribution in [2.24, 2.45) is 0 Å². The van der Waals surface area contributed by atoms with Crippen molar-refractivity contribution in [2.45, 2.75) is 10.9 Å². The van der Waals surface area contributed by atoms with Crippen LogP contribution in [-0.4, -0.2) is 36.0 Å². The Labute approximate surface area is 62.1 Å². The molecular formula is C4H7BrO3S. The number of alkyl halides is 1. The first-order valence-electron chi connectivity index (χ1n) is 2.54. The normalized spacial score (nSPS) is 41.1. The molecule has 1 heterocycles. The predicted octanol–water partition coefficient (Wildman–Crippen LogP) is -0.461. The number of hydrogen-bond acceptors (Lipinski definition) is 3. The fourth-order valence-corrected chi connectivity index (χ4v) is 4.02. The smallest absolute Gasteiger partial charge is 0.154 e. The molecule has 2 atom stereocenters. The summed E-state index contributed by atoms with van der Waals surface area (Å²) in [5, 5.41) is 8.91. The Balaban J connectivity index is 2.77. The molecule has 0 radical (unpaired) electrons. The minimum atomic E-state index is -2.94. The Kier molecular flexibility index (Phi) is 1.84. The molecule has 0 saturated carbocycles. The highest BCUT2D eigenvalue weighted by Crippen LogP contribution is 2.18. The molecule has 1 aliphatic heterocycles.